The van der Waals surface area contributed by atoms with Crippen molar-refractivity contribution in [1.29, 1.82) is 0 Å². The van der Waals surface area contributed by atoms with E-state index in [1.807, 2.05) is 17.7 Å². The van der Waals surface area contributed by atoms with Crippen LogP contribution >= 0.6 is 0 Å². The van der Waals surface area contributed by atoms with Crippen LogP contribution in [0.4, 0.5) is 16.3 Å². The highest BCUT2D eigenvalue weighted by Crippen LogP contribution is 2.21. The Morgan fingerprint density at radius 3 is 2.41 bits per heavy atom. The highest BCUT2D eigenvalue weighted by Gasteiger charge is 2.21. The lowest BCUT2D eigenvalue weighted by atomic mass is 10.1. The summed E-state index contributed by atoms with van der Waals surface area (Å²) in [5.41, 5.74) is 2.98. The fourth-order valence-electron chi connectivity index (χ4n) is 4.78. The van der Waals surface area contributed by atoms with Gasteiger partial charge in [0.25, 0.3) is 11.8 Å². The average Bonchev–Trinajstić information content (AvgIpc) is 3.38. The SMILES string of the molecule is CCCCCCOC(=O)NC(=O)c1ccc(NCc2nc3cc(C(=O)N(CCC(=O)OCC)c4ccccn4)ccc3n2C)cc1. The number of alkyl carbamates (subject to hydrolysis) is 1. The normalized spacial score (nSPS) is 10.8. The maximum Gasteiger partial charge on any atom is 0.414 e. The molecular weight excluding hydrogens is 588 g/mol. The number of ether oxygens (including phenoxy) is 2. The number of anilines is 2. The number of benzene rings is 2. The van der Waals surface area contributed by atoms with Crippen molar-refractivity contribution < 1.29 is 28.7 Å². The van der Waals surface area contributed by atoms with E-state index in [0.717, 1.165) is 42.7 Å². The molecule has 2 heterocycles. The maximum atomic E-state index is 13.6. The number of nitrogens with zero attached hydrogens (tertiary/aromatic N) is 4. The lowest BCUT2D eigenvalue weighted by Crippen LogP contribution is -2.34. The van der Waals surface area contributed by atoms with Crippen molar-refractivity contribution in [2.75, 3.05) is 30.0 Å². The van der Waals surface area contributed by atoms with Crippen molar-refractivity contribution in [3.8, 4) is 0 Å². The second-order valence-corrected chi connectivity index (χ2v) is 10.6. The van der Waals surface area contributed by atoms with E-state index in [2.05, 4.69) is 22.5 Å². The number of aromatic nitrogens is 3. The molecule has 0 aliphatic rings. The molecule has 0 aliphatic carbocycles. The van der Waals surface area contributed by atoms with E-state index in [1.165, 1.54) is 4.90 Å². The molecule has 0 aliphatic heterocycles. The Hall–Kier alpha value is -5.26. The first-order valence-corrected chi connectivity index (χ1v) is 15.5. The predicted molar refractivity (Wildman–Crippen MR) is 175 cm³/mol. The molecular formula is C34H40N6O6. The molecule has 0 spiro atoms. The average molecular weight is 629 g/mol. The van der Waals surface area contributed by atoms with Gasteiger partial charge in [0.1, 0.15) is 11.6 Å². The van der Waals surface area contributed by atoms with Gasteiger partial charge in [-0.25, -0.2) is 14.8 Å². The Morgan fingerprint density at radius 2 is 1.70 bits per heavy atom. The van der Waals surface area contributed by atoms with Gasteiger partial charge in [-0.05, 0) is 67.9 Å². The van der Waals surface area contributed by atoms with E-state index in [-0.39, 0.29) is 38.1 Å². The van der Waals surface area contributed by atoms with Crippen LogP contribution in [-0.4, -0.2) is 58.2 Å². The van der Waals surface area contributed by atoms with Crippen LogP contribution in [0.1, 0.15) is 72.5 Å². The van der Waals surface area contributed by atoms with Crippen LogP contribution in [0.15, 0.2) is 66.9 Å². The number of unbranched alkanes of at least 4 members (excludes halogenated alkanes) is 3. The van der Waals surface area contributed by atoms with Crippen LogP contribution in [-0.2, 0) is 27.9 Å². The summed E-state index contributed by atoms with van der Waals surface area (Å²) in [6.45, 7) is 4.89. The van der Waals surface area contributed by atoms with Crippen molar-refractivity contribution in [2.45, 2.75) is 52.5 Å². The summed E-state index contributed by atoms with van der Waals surface area (Å²) in [5, 5.41) is 5.54. The molecule has 0 bridgehead atoms. The highest BCUT2D eigenvalue weighted by atomic mass is 16.5. The van der Waals surface area contributed by atoms with Gasteiger partial charge in [0, 0.05) is 36.6 Å². The van der Waals surface area contributed by atoms with Crippen LogP contribution in [0.25, 0.3) is 11.0 Å². The number of aryl methyl sites for hydroxylation is 1. The van der Waals surface area contributed by atoms with Crippen LogP contribution < -0.4 is 15.5 Å². The summed E-state index contributed by atoms with van der Waals surface area (Å²) in [5.74, 6) is -0.0661. The maximum absolute atomic E-state index is 13.6. The number of pyridine rings is 1. The van der Waals surface area contributed by atoms with Gasteiger partial charge < -0.3 is 19.4 Å². The van der Waals surface area contributed by atoms with E-state index in [1.54, 1.807) is 67.7 Å². The molecule has 0 atom stereocenters. The number of hydrogen-bond acceptors (Lipinski definition) is 9. The van der Waals surface area contributed by atoms with E-state index in [9.17, 15) is 19.2 Å². The number of amides is 3. The first-order valence-electron chi connectivity index (χ1n) is 15.5. The molecule has 4 aromatic rings. The standard InChI is InChI=1S/C34H40N6O6/c1-4-6-7-10-21-46-34(44)38-32(42)24-12-15-26(16-13-24)36-23-30-37-27-22-25(14-17-28(27)39(30)3)33(43)40(20-18-31(41)45-5-2)29-11-8-9-19-35-29/h8-9,11-17,19,22,36H,4-7,10,18,20-21,23H2,1-3H3,(H,38,42,44). The monoisotopic (exact) mass is 628 g/mol. The summed E-state index contributed by atoms with van der Waals surface area (Å²) in [6.07, 6.45) is 4.79. The summed E-state index contributed by atoms with van der Waals surface area (Å²) in [7, 11) is 1.89. The molecule has 0 radical (unpaired) electrons. The minimum Gasteiger partial charge on any atom is -0.466 e. The minimum atomic E-state index is -0.753. The van der Waals surface area contributed by atoms with Gasteiger partial charge in [0.05, 0.1) is 37.2 Å². The molecule has 3 amide bonds. The van der Waals surface area contributed by atoms with Gasteiger partial charge >= 0.3 is 12.1 Å². The number of imidazole rings is 1. The van der Waals surface area contributed by atoms with Crippen LogP contribution in [0, 0.1) is 0 Å². The molecule has 2 aromatic carbocycles. The molecule has 4 rings (SSSR count). The van der Waals surface area contributed by atoms with Crippen molar-refractivity contribution in [2.24, 2.45) is 7.05 Å². The number of carbonyl (C=O) groups excluding carboxylic acids is 4. The third-order valence-corrected chi connectivity index (χ3v) is 7.28. The van der Waals surface area contributed by atoms with E-state index < -0.39 is 12.0 Å². The molecule has 2 aromatic heterocycles. The Labute approximate surface area is 268 Å². The molecule has 2 N–H and O–H groups in total. The van der Waals surface area contributed by atoms with Gasteiger partial charge in [-0.3, -0.25) is 24.6 Å². The zero-order valence-electron chi connectivity index (χ0n) is 26.5. The number of esters is 1. The van der Waals surface area contributed by atoms with E-state index in [4.69, 9.17) is 14.5 Å². The third-order valence-electron chi connectivity index (χ3n) is 7.28. The molecule has 46 heavy (non-hydrogen) atoms. The predicted octanol–water partition coefficient (Wildman–Crippen LogP) is 5.63. The van der Waals surface area contributed by atoms with Crippen LogP contribution in [0.2, 0.25) is 0 Å². The summed E-state index contributed by atoms with van der Waals surface area (Å²) < 4.78 is 12.1. The fraction of sp³-hybridized carbons (Fsp3) is 0.353. The van der Waals surface area contributed by atoms with E-state index in [0.29, 0.717) is 29.0 Å². The van der Waals surface area contributed by atoms with Gasteiger partial charge in [0.2, 0.25) is 0 Å². The number of nitrogens with one attached hydrogen (secondary N) is 2. The van der Waals surface area contributed by atoms with E-state index >= 15 is 0 Å². The Morgan fingerprint density at radius 1 is 0.913 bits per heavy atom. The molecule has 0 fully saturated rings. The van der Waals surface area contributed by atoms with Gasteiger partial charge in [-0.2, -0.15) is 0 Å². The zero-order valence-corrected chi connectivity index (χ0v) is 26.5. The molecule has 0 unspecified atom stereocenters. The topological polar surface area (TPSA) is 145 Å². The van der Waals surface area contributed by atoms with Crippen LogP contribution in [0.5, 0.6) is 0 Å². The zero-order chi connectivity index (χ0) is 32.9. The first kappa shape index (κ1) is 33.6. The summed E-state index contributed by atoms with van der Waals surface area (Å²) >= 11 is 0. The second-order valence-electron chi connectivity index (χ2n) is 10.6. The molecule has 12 heteroatoms. The Kier molecular flexibility index (Phi) is 12.2. The third kappa shape index (κ3) is 9.13. The number of rotatable bonds is 15. The molecule has 0 saturated carbocycles. The van der Waals surface area contributed by atoms with Crippen LogP contribution in [0.3, 0.4) is 0 Å². The van der Waals surface area contributed by atoms with Gasteiger partial charge in [0.15, 0.2) is 0 Å². The van der Waals surface area contributed by atoms with Gasteiger partial charge in [-0.15, -0.1) is 0 Å². The summed E-state index contributed by atoms with van der Waals surface area (Å²) in [4.78, 5) is 60.5. The molecule has 242 valence electrons. The largest absolute Gasteiger partial charge is 0.466 e. The number of imide groups is 1. The summed E-state index contributed by atoms with van der Waals surface area (Å²) in [6, 6.07) is 17.3. The van der Waals surface area contributed by atoms with Crippen molar-refractivity contribution in [3.63, 3.8) is 0 Å². The second kappa shape index (κ2) is 16.7. The first-order chi connectivity index (χ1) is 22.3. The van der Waals surface area contributed by atoms with Crippen molar-refractivity contribution >= 4 is 46.4 Å². The molecule has 12 nitrogen and oxygen atoms in total. The lowest BCUT2D eigenvalue weighted by molar-refractivity contribution is -0.142. The number of carbonyl (C=O) groups is 4. The smallest absolute Gasteiger partial charge is 0.414 e. The Balaban J connectivity index is 1.38. The lowest BCUT2D eigenvalue weighted by Gasteiger charge is -2.21. The van der Waals surface area contributed by atoms with Crippen molar-refractivity contribution in [3.05, 3.63) is 83.8 Å². The minimum absolute atomic E-state index is 0.0369. The molecule has 0 saturated heterocycles. The fourth-order valence-corrected chi connectivity index (χ4v) is 4.78. The number of hydrogen-bond donors (Lipinski definition) is 2. The van der Waals surface area contributed by atoms with Crippen molar-refractivity contribution in [1.82, 2.24) is 19.9 Å². The highest BCUT2D eigenvalue weighted by molar-refractivity contribution is 6.07. The number of fused-ring (bicyclic) bond motifs is 1. The Bertz CT molecular complexity index is 1640. The quantitative estimate of drug-likeness (QED) is 0.126. The van der Waals surface area contributed by atoms with Gasteiger partial charge in [-0.1, -0.05) is 32.3 Å².